The number of benzene rings is 1. The van der Waals surface area contributed by atoms with E-state index in [2.05, 4.69) is 5.32 Å². The van der Waals surface area contributed by atoms with Crippen molar-refractivity contribution < 1.29 is 19.4 Å². The van der Waals surface area contributed by atoms with Gasteiger partial charge in [0.2, 0.25) is 0 Å². The van der Waals surface area contributed by atoms with Gasteiger partial charge in [-0.15, -0.1) is 0 Å². The van der Waals surface area contributed by atoms with Gasteiger partial charge in [-0.1, -0.05) is 23.2 Å². The molecule has 2 atom stereocenters. The average molecular weight is 332 g/mol. The summed E-state index contributed by atoms with van der Waals surface area (Å²) >= 11 is 11.7. The van der Waals surface area contributed by atoms with Crippen molar-refractivity contribution in [2.45, 2.75) is 25.3 Å². The first-order chi connectivity index (χ1) is 9.95. The number of hydrogen-bond acceptors (Lipinski definition) is 3. The molecule has 2 N–H and O–H groups in total. The highest BCUT2D eigenvalue weighted by Gasteiger charge is 2.30. The summed E-state index contributed by atoms with van der Waals surface area (Å²) in [6.07, 6.45) is 1.72. The largest absolute Gasteiger partial charge is 0.482 e. The zero-order chi connectivity index (χ0) is 15.4. The van der Waals surface area contributed by atoms with Crippen LogP contribution in [0.3, 0.4) is 0 Å². The lowest BCUT2D eigenvalue weighted by Crippen LogP contribution is -2.36. The Balaban J connectivity index is 1.79. The normalized spacial score (nSPS) is 21.0. The zero-order valence-electron chi connectivity index (χ0n) is 11.1. The van der Waals surface area contributed by atoms with Crippen molar-refractivity contribution in [3.05, 3.63) is 28.2 Å². The summed E-state index contributed by atoms with van der Waals surface area (Å²) in [7, 11) is 0. The number of carbonyl (C=O) groups is 2. The fourth-order valence-electron chi connectivity index (χ4n) is 2.34. The lowest BCUT2D eigenvalue weighted by atomic mass is 10.1. The highest BCUT2D eigenvalue weighted by molar-refractivity contribution is 6.35. The molecule has 1 aromatic rings. The molecule has 2 rings (SSSR count). The standard InChI is InChI=1S/C14H15Cl2NO4/c15-9-2-4-12(11(16)6-9)21-7-13(18)17-10-3-1-8(5-10)14(19)20/h2,4,6,8,10H,1,3,5,7H2,(H,17,18)(H,19,20)/t8-,10+/m0/s1. The van der Waals surface area contributed by atoms with Crippen LogP contribution in [0.1, 0.15) is 19.3 Å². The van der Waals surface area contributed by atoms with Crippen LogP contribution in [0.25, 0.3) is 0 Å². The molecule has 5 nitrogen and oxygen atoms in total. The minimum Gasteiger partial charge on any atom is -0.482 e. The number of hydrogen-bond donors (Lipinski definition) is 2. The fraction of sp³-hybridized carbons (Fsp3) is 0.429. The van der Waals surface area contributed by atoms with Crippen LogP contribution >= 0.6 is 23.2 Å². The highest BCUT2D eigenvalue weighted by atomic mass is 35.5. The summed E-state index contributed by atoms with van der Waals surface area (Å²) in [6, 6.07) is 4.64. The van der Waals surface area contributed by atoms with E-state index in [0.29, 0.717) is 35.1 Å². The molecule has 0 spiro atoms. The molecule has 0 heterocycles. The Morgan fingerprint density at radius 1 is 1.33 bits per heavy atom. The van der Waals surface area contributed by atoms with Gasteiger partial charge in [0.25, 0.3) is 5.91 Å². The minimum atomic E-state index is -0.809. The number of nitrogens with one attached hydrogen (secondary N) is 1. The Labute approximate surface area is 132 Å². The molecular formula is C14H15Cl2NO4. The maximum atomic E-state index is 11.8. The summed E-state index contributed by atoms with van der Waals surface area (Å²) < 4.78 is 5.32. The molecule has 0 radical (unpaired) electrons. The van der Waals surface area contributed by atoms with Crippen LogP contribution in [0.5, 0.6) is 5.75 Å². The Morgan fingerprint density at radius 3 is 2.71 bits per heavy atom. The van der Waals surface area contributed by atoms with Crippen molar-refractivity contribution in [2.24, 2.45) is 5.92 Å². The van der Waals surface area contributed by atoms with E-state index < -0.39 is 5.97 Å². The third-order valence-corrected chi connectivity index (χ3v) is 3.93. The van der Waals surface area contributed by atoms with Gasteiger partial charge in [0.15, 0.2) is 6.61 Å². The SMILES string of the molecule is O=C(COc1ccc(Cl)cc1Cl)N[C@@H]1CC[C@H](C(=O)O)C1. The number of carboxylic acids is 1. The molecule has 1 aromatic carbocycles. The maximum absolute atomic E-state index is 11.8. The summed E-state index contributed by atoms with van der Waals surface area (Å²) in [6.45, 7) is -0.171. The lowest BCUT2D eigenvalue weighted by molar-refractivity contribution is -0.141. The van der Waals surface area contributed by atoms with Crippen molar-refractivity contribution in [1.82, 2.24) is 5.32 Å². The van der Waals surface area contributed by atoms with Crippen molar-refractivity contribution in [1.29, 1.82) is 0 Å². The summed E-state index contributed by atoms with van der Waals surface area (Å²) in [5.41, 5.74) is 0. The molecule has 1 amide bonds. The van der Waals surface area contributed by atoms with Gasteiger partial charge in [0.1, 0.15) is 5.75 Å². The van der Waals surface area contributed by atoms with Crippen LogP contribution in [-0.2, 0) is 9.59 Å². The number of ether oxygens (including phenoxy) is 1. The van der Waals surface area contributed by atoms with Crippen LogP contribution in [-0.4, -0.2) is 29.6 Å². The zero-order valence-corrected chi connectivity index (χ0v) is 12.7. The fourth-order valence-corrected chi connectivity index (χ4v) is 2.80. The van der Waals surface area contributed by atoms with Gasteiger partial charge in [-0.2, -0.15) is 0 Å². The van der Waals surface area contributed by atoms with Crippen LogP contribution in [0.2, 0.25) is 10.0 Å². The van der Waals surface area contributed by atoms with Gasteiger partial charge in [-0.25, -0.2) is 0 Å². The van der Waals surface area contributed by atoms with Crippen LogP contribution in [0, 0.1) is 5.92 Å². The van der Waals surface area contributed by atoms with E-state index in [4.69, 9.17) is 33.0 Å². The molecule has 1 fully saturated rings. The quantitative estimate of drug-likeness (QED) is 0.869. The highest BCUT2D eigenvalue weighted by Crippen LogP contribution is 2.28. The van der Waals surface area contributed by atoms with Gasteiger partial charge >= 0.3 is 5.97 Å². The molecule has 0 saturated heterocycles. The van der Waals surface area contributed by atoms with Crippen molar-refractivity contribution in [3.8, 4) is 5.75 Å². The monoisotopic (exact) mass is 331 g/mol. The third-order valence-electron chi connectivity index (χ3n) is 3.40. The maximum Gasteiger partial charge on any atom is 0.306 e. The topological polar surface area (TPSA) is 75.6 Å². The predicted octanol–water partition coefficient (Wildman–Crippen LogP) is 2.74. The Bertz CT molecular complexity index is 550. The third kappa shape index (κ3) is 4.51. The second-order valence-electron chi connectivity index (χ2n) is 4.98. The molecule has 0 bridgehead atoms. The minimum absolute atomic E-state index is 0.108. The molecule has 0 unspecified atom stereocenters. The number of rotatable bonds is 5. The molecule has 21 heavy (non-hydrogen) atoms. The lowest BCUT2D eigenvalue weighted by Gasteiger charge is -2.13. The van der Waals surface area contributed by atoms with E-state index in [9.17, 15) is 9.59 Å². The van der Waals surface area contributed by atoms with Crippen LogP contribution in [0.4, 0.5) is 0 Å². The molecule has 1 aliphatic rings. The number of carbonyl (C=O) groups excluding carboxylic acids is 1. The van der Waals surface area contributed by atoms with Crippen LogP contribution in [0.15, 0.2) is 18.2 Å². The number of aliphatic carboxylic acids is 1. The first-order valence-corrected chi connectivity index (χ1v) is 7.31. The molecular weight excluding hydrogens is 317 g/mol. The smallest absolute Gasteiger partial charge is 0.306 e. The van der Waals surface area contributed by atoms with Crippen molar-refractivity contribution in [2.75, 3.05) is 6.61 Å². The van der Waals surface area contributed by atoms with Gasteiger partial charge in [-0.05, 0) is 37.5 Å². The van der Waals surface area contributed by atoms with Gasteiger partial charge < -0.3 is 15.2 Å². The second-order valence-corrected chi connectivity index (χ2v) is 5.82. The number of amides is 1. The van der Waals surface area contributed by atoms with Crippen molar-refractivity contribution in [3.63, 3.8) is 0 Å². The first kappa shape index (κ1) is 15.9. The van der Waals surface area contributed by atoms with Crippen molar-refractivity contribution >= 4 is 35.1 Å². The predicted molar refractivity (Wildman–Crippen MR) is 78.9 cm³/mol. The average Bonchev–Trinajstić information content (AvgIpc) is 2.86. The van der Waals surface area contributed by atoms with E-state index in [1.165, 1.54) is 6.07 Å². The second kappa shape index (κ2) is 7.00. The summed E-state index contributed by atoms with van der Waals surface area (Å²) in [5, 5.41) is 12.5. The molecule has 1 aliphatic carbocycles. The molecule has 114 valence electrons. The Hall–Kier alpha value is -1.46. The molecule has 1 saturated carbocycles. The first-order valence-electron chi connectivity index (χ1n) is 6.55. The van der Waals surface area contributed by atoms with E-state index in [-0.39, 0.29) is 24.5 Å². The van der Waals surface area contributed by atoms with E-state index in [1.54, 1.807) is 12.1 Å². The van der Waals surface area contributed by atoms with Gasteiger partial charge in [-0.3, -0.25) is 9.59 Å². The number of halogens is 2. The molecule has 0 aliphatic heterocycles. The van der Waals surface area contributed by atoms with E-state index in [1.807, 2.05) is 0 Å². The van der Waals surface area contributed by atoms with Crippen LogP contribution < -0.4 is 10.1 Å². The van der Waals surface area contributed by atoms with Gasteiger partial charge in [0.05, 0.1) is 10.9 Å². The Kier molecular flexibility index (Phi) is 5.31. The van der Waals surface area contributed by atoms with Gasteiger partial charge in [0, 0.05) is 11.1 Å². The number of carboxylic acid groups (broad SMARTS) is 1. The Morgan fingerprint density at radius 2 is 2.10 bits per heavy atom. The summed E-state index contributed by atoms with van der Waals surface area (Å²) in [5.74, 6) is -1.10. The molecule has 0 aromatic heterocycles. The van der Waals surface area contributed by atoms with E-state index >= 15 is 0 Å². The summed E-state index contributed by atoms with van der Waals surface area (Å²) in [4.78, 5) is 22.6. The molecule has 7 heteroatoms. The van der Waals surface area contributed by atoms with E-state index in [0.717, 1.165) is 0 Å².